The number of rotatable bonds is 6. The normalized spacial score (nSPS) is 17.1. The first kappa shape index (κ1) is 18.6. The van der Waals surface area contributed by atoms with Crippen LogP contribution in [0.15, 0.2) is 48.5 Å². The molecule has 6 nitrogen and oxygen atoms in total. The van der Waals surface area contributed by atoms with Crippen molar-refractivity contribution in [3.63, 3.8) is 0 Å². The van der Waals surface area contributed by atoms with Crippen molar-refractivity contribution in [1.29, 1.82) is 0 Å². The number of hydrogen-bond donors (Lipinski definition) is 2. The lowest BCUT2D eigenvalue weighted by atomic mass is 10.1. The third-order valence-electron chi connectivity index (χ3n) is 5.28. The number of benzene rings is 2. The SMILES string of the molecule is O=C(NCc1ccc2c(c1)OCCO2)NCC(c1ccccc1)N1CCCC1. The van der Waals surface area contributed by atoms with E-state index in [2.05, 4.69) is 39.8 Å². The first-order valence-corrected chi connectivity index (χ1v) is 9.99. The summed E-state index contributed by atoms with van der Waals surface area (Å²) >= 11 is 0. The Morgan fingerprint density at radius 3 is 2.50 bits per heavy atom. The molecule has 2 heterocycles. The van der Waals surface area contributed by atoms with Gasteiger partial charge in [0.25, 0.3) is 0 Å². The second-order valence-corrected chi connectivity index (χ2v) is 7.21. The fraction of sp³-hybridized carbons (Fsp3) is 0.409. The average molecular weight is 381 g/mol. The number of carbonyl (C=O) groups is 1. The highest BCUT2D eigenvalue weighted by atomic mass is 16.6. The van der Waals surface area contributed by atoms with Crippen molar-refractivity contribution < 1.29 is 14.3 Å². The first-order chi connectivity index (χ1) is 13.8. The van der Waals surface area contributed by atoms with Crippen molar-refractivity contribution in [2.24, 2.45) is 0 Å². The molecule has 0 radical (unpaired) electrons. The zero-order valence-corrected chi connectivity index (χ0v) is 16.0. The molecule has 0 aromatic heterocycles. The van der Waals surface area contributed by atoms with Gasteiger partial charge in [-0.15, -0.1) is 0 Å². The van der Waals surface area contributed by atoms with Gasteiger partial charge in [0.2, 0.25) is 0 Å². The standard InChI is InChI=1S/C22H27N3O3/c26-22(23-15-17-8-9-20-21(14-17)28-13-12-27-20)24-16-19(25-10-4-5-11-25)18-6-2-1-3-7-18/h1-3,6-9,14,19H,4-5,10-13,15-16H2,(H2,23,24,26). The topological polar surface area (TPSA) is 62.8 Å². The van der Waals surface area contributed by atoms with Gasteiger partial charge < -0.3 is 20.1 Å². The minimum atomic E-state index is -0.157. The first-order valence-electron chi connectivity index (χ1n) is 9.99. The predicted molar refractivity (Wildman–Crippen MR) is 108 cm³/mol. The second-order valence-electron chi connectivity index (χ2n) is 7.21. The smallest absolute Gasteiger partial charge is 0.315 e. The number of carbonyl (C=O) groups excluding carboxylic acids is 1. The van der Waals surface area contributed by atoms with Gasteiger partial charge >= 0.3 is 6.03 Å². The summed E-state index contributed by atoms with van der Waals surface area (Å²) < 4.78 is 11.1. The molecule has 2 amide bonds. The quantitative estimate of drug-likeness (QED) is 0.807. The molecule has 1 fully saturated rings. The number of ether oxygens (including phenoxy) is 2. The van der Waals surface area contributed by atoms with Crippen molar-refractivity contribution in [1.82, 2.24) is 15.5 Å². The summed E-state index contributed by atoms with van der Waals surface area (Å²) in [5.74, 6) is 1.50. The van der Waals surface area contributed by atoms with Crippen LogP contribution in [0.2, 0.25) is 0 Å². The molecule has 2 N–H and O–H groups in total. The number of nitrogens with zero attached hydrogens (tertiary/aromatic N) is 1. The lowest BCUT2D eigenvalue weighted by Gasteiger charge is -2.28. The van der Waals surface area contributed by atoms with E-state index in [1.54, 1.807) is 0 Å². The molecule has 1 unspecified atom stereocenters. The Morgan fingerprint density at radius 2 is 1.71 bits per heavy atom. The Morgan fingerprint density at radius 1 is 0.964 bits per heavy atom. The van der Waals surface area contributed by atoms with E-state index in [1.807, 2.05) is 24.3 Å². The fourth-order valence-corrected chi connectivity index (χ4v) is 3.82. The molecule has 2 aliphatic heterocycles. The highest BCUT2D eigenvalue weighted by molar-refractivity contribution is 5.73. The van der Waals surface area contributed by atoms with Crippen LogP contribution in [0, 0.1) is 0 Å². The summed E-state index contributed by atoms with van der Waals surface area (Å²) in [5.41, 5.74) is 2.23. The van der Waals surface area contributed by atoms with E-state index < -0.39 is 0 Å². The lowest BCUT2D eigenvalue weighted by molar-refractivity contribution is 0.171. The molecule has 1 saturated heterocycles. The summed E-state index contributed by atoms with van der Waals surface area (Å²) in [6.07, 6.45) is 2.44. The Balaban J connectivity index is 1.31. The van der Waals surface area contributed by atoms with Gasteiger partial charge in [-0.1, -0.05) is 36.4 Å². The van der Waals surface area contributed by atoms with Gasteiger partial charge in [-0.05, 0) is 49.2 Å². The largest absolute Gasteiger partial charge is 0.486 e. The second kappa shape index (κ2) is 8.97. The van der Waals surface area contributed by atoms with E-state index >= 15 is 0 Å². The van der Waals surface area contributed by atoms with Crippen molar-refractivity contribution in [2.75, 3.05) is 32.8 Å². The number of urea groups is 1. The molecule has 148 valence electrons. The van der Waals surface area contributed by atoms with E-state index in [4.69, 9.17) is 9.47 Å². The van der Waals surface area contributed by atoms with Crippen LogP contribution < -0.4 is 20.1 Å². The van der Waals surface area contributed by atoms with Crippen LogP contribution in [-0.2, 0) is 6.54 Å². The summed E-state index contributed by atoms with van der Waals surface area (Å²) in [6.45, 7) is 4.34. The summed E-state index contributed by atoms with van der Waals surface area (Å²) in [7, 11) is 0. The zero-order valence-electron chi connectivity index (χ0n) is 16.0. The molecule has 0 spiro atoms. The Bertz CT molecular complexity index is 791. The number of likely N-dealkylation sites (tertiary alicyclic amines) is 1. The number of fused-ring (bicyclic) bond motifs is 1. The maximum Gasteiger partial charge on any atom is 0.315 e. The number of nitrogens with one attached hydrogen (secondary N) is 2. The predicted octanol–water partition coefficient (Wildman–Crippen LogP) is 3.09. The van der Waals surface area contributed by atoms with Crippen LogP contribution in [0.25, 0.3) is 0 Å². The fourth-order valence-electron chi connectivity index (χ4n) is 3.82. The molecule has 0 saturated carbocycles. The Labute approximate surface area is 165 Å². The molecule has 0 bridgehead atoms. The van der Waals surface area contributed by atoms with Gasteiger partial charge in [0, 0.05) is 13.1 Å². The Kier molecular flexibility index (Phi) is 5.97. The Hall–Kier alpha value is -2.73. The van der Waals surface area contributed by atoms with Crippen molar-refractivity contribution in [3.05, 3.63) is 59.7 Å². The van der Waals surface area contributed by atoms with E-state index in [-0.39, 0.29) is 12.1 Å². The molecule has 6 heteroatoms. The van der Waals surface area contributed by atoms with Crippen LogP contribution in [0.4, 0.5) is 4.79 Å². The maximum absolute atomic E-state index is 12.4. The number of hydrogen-bond acceptors (Lipinski definition) is 4. The van der Waals surface area contributed by atoms with Crippen LogP contribution >= 0.6 is 0 Å². The van der Waals surface area contributed by atoms with Crippen LogP contribution in [0.3, 0.4) is 0 Å². The lowest BCUT2D eigenvalue weighted by Crippen LogP contribution is -2.41. The van der Waals surface area contributed by atoms with Gasteiger partial charge in [-0.25, -0.2) is 4.79 Å². The van der Waals surface area contributed by atoms with Gasteiger partial charge in [0.1, 0.15) is 13.2 Å². The molecule has 0 aliphatic carbocycles. The van der Waals surface area contributed by atoms with Gasteiger partial charge in [0.05, 0.1) is 6.04 Å². The summed E-state index contributed by atoms with van der Waals surface area (Å²) in [4.78, 5) is 14.8. The summed E-state index contributed by atoms with van der Waals surface area (Å²) in [6, 6.07) is 16.2. The average Bonchev–Trinajstić information content (AvgIpc) is 3.27. The van der Waals surface area contributed by atoms with Crippen molar-refractivity contribution in [3.8, 4) is 11.5 Å². The van der Waals surface area contributed by atoms with Gasteiger partial charge in [-0.3, -0.25) is 4.90 Å². The van der Waals surface area contributed by atoms with Crippen LogP contribution in [0.5, 0.6) is 11.5 Å². The monoisotopic (exact) mass is 381 g/mol. The highest BCUT2D eigenvalue weighted by Gasteiger charge is 2.23. The minimum Gasteiger partial charge on any atom is -0.486 e. The molecule has 28 heavy (non-hydrogen) atoms. The summed E-state index contributed by atoms with van der Waals surface area (Å²) in [5, 5.41) is 5.98. The molecule has 1 atom stereocenters. The molecule has 2 aromatic carbocycles. The zero-order chi connectivity index (χ0) is 19.2. The van der Waals surface area contributed by atoms with E-state index in [1.165, 1.54) is 18.4 Å². The van der Waals surface area contributed by atoms with Gasteiger partial charge in [-0.2, -0.15) is 0 Å². The van der Waals surface area contributed by atoms with Crippen LogP contribution in [-0.4, -0.2) is 43.8 Å². The van der Waals surface area contributed by atoms with E-state index in [9.17, 15) is 4.79 Å². The van der Waals surface area contributed by atoms with Gasteiger partial charge in [0.15, 0.2) is 11.5 Å². The molecular formula is C22H27N3O3. The molecule has 2 aromatic rings. The van der Waals surface area contributed by atoms with Crippen LogP contribution in [0.1, 0.15) is 30.0 Å². The molecule has 4 rings (SSSR count). The van der Waals surface area contributed by atoms with E-state index in [0.29, 0.717) is 26.3 Å². The minimum absolute atomic E-state index is 0.157. The van der Waals surface area contributed by atoms with E-state index in [0.717, 1.165) is 30.2 Å². The third kappa shape index (κ3) is 4.57. The van der Waals surface area contributed by atoms with Crippen molar-refractivity contribution >= 4 is 6.03 Å². The maximum atomic E-state index is 12.4. The third-order valence-corrected chi connectivity index (χ3v) is 5.28. The molecule has 2 aliphatic rings. The van der Waals surface area contributed by atoms with Crippen molar-refractivity contribution in [2.45, 2.75) is 25.4 Å². The number of amides is 2. The highest BCUT2D eigenvalue weighted by Crippen LogP contribution is 2.30. The molecular weight excluding hydrogens is 354 g/mol.